The van der Waals surface area contributed by atoms with Gasteiger partial charge in [-0.05, 0) is 57.8 Å². The summed E-state index contributed by atoms with van der Waals surface area (Å²) in [6.07, 6.45) is 27.1. The third kappa shape index (κ3) is 20.7. The van der Waals surface area contributed by atoms with E-state index in [2.05, 4.69) is 19.1 Å². The van der Waals surface area contributed by atoms with Crippen LogP contribution in [-0.2, 0) is 14.4 Å². The van der Waals surface area contributed by atoms with Gasteiger partial charge in [-0.25, -0.2) is 0 Å². The Balaban J connectivity index is 4.67. The van der Waals surface area contributed by atoms with Gasteiger partial charge >= 0.3 is 17.9 Å². The van der Waals surface area contributed by atoms with Gasteiger partial charge in [-0.2, -0.15) is 0 Å². The number of hydrogen-bond donors (Lipinski definition) is 3. The molecule has 3 N–H and O–H groups in total. The molecular formula is C36H68NO6+. The van der Waals surface area contributed by atoms with Crippen molar-refractivity contribution in [2.45, 2.75) is 156 Å². The molecule has 0 rings (SSSR count). The second kappa shape index (κ2) is 26.5. The predicted octanol–water partition coefficient (Wildman–Crippen LogP) is 9.34. The Morgan fingerprint density at radius 3 is 1.09 bits per heavy atom. The fourth-order valence-corrected chi connectivity index (χ4v) is 6.27. The van der Waals surface area contributed by atoms with E-state index in [1.54, 1.807) is 0 Å². The molecule has 252 valence electrons. The molecule has 0 aliphatic rings. The van der Waals surface area contributed by atoms with Crippen molar-refractivity contribution < 1.29 is 34.2 Å². The maximum absolute atomic E-state index is 12.0. The number of nitrogens with zero attached hydrogens (tertiary/aromatic N) is 1. The topological polar surface area (TPSA) is 112 Å². The normalized spacial score (nSPS) is 15.3. The average Bonchev–Trinajstić information content (AvgIpc) is 2.98. The summed E-state index contributed by atoms with van der Waals surface area (Å²) in [6.45, 7) is 9.24. The first-order valence-electron chi connectivity index (χ1n) is 17.8. The Labute approximate surface area is 264 Å². The zero-order chi connectivity index (χ0) is 32.3. The summed E-state index contributed by atoms with van der Waals surface area (Å²) >= 11 is 0. The van der Waals surface area contributed by atoms with Gasteiger partial charge in [-0.1, -0.05) is 110 Å². The zero-order valence-electron chi connectivity index (χ0n) is 28.4. The number of quaternary nitrogens is 1. The third-order valence-electron chi connectivity index (χ3n) is 9.24. The zero-order valence-corrected chi connectivity index (χ0v) is 28.4. The summed E-state index contributed by atoms with van der Waals surface area (Å²) in [6, 6.07) is 0. The number of carbonyl (C=O) groups is 3. The first-order chi connectivity index (χ1) is 20.7. The molecule has 0 bridgehead atoms. The monoisotopic (exact) mass is 611 g/mol. The van der Waals surface area contributed by atoms with Gasteiger partial charge in [0.1, 0.15) is 17.8 Å². The van der Waals surface area contributed by atoms with Gasteiger partial charge in [-0.15, -0.1) is 0 Å². The highest BCUT2D eigenvalue weighted by Gasteiger charge is 2.40. The molecule has 0 amide bonds. The average molecular weight is 611 g/mol. The minimum absolute atomic E-state index is 0.254. The van der Waals surface area contributed by atoms with E-state index in [-0.39, 0.29) is 24.1 Å². The molecule has 0 aliphatic heterocycles. The van der Waals surface area contributed by atoms with Crippen molar-refractivity contribution in [1.29, 1.82) is 0 Å². The number of hydrogen-bond acceptors (Lipinski definition) is 3. The van der Waals surface area contributed by atoms with E-state index in [0.29, 0.717) is 25.8 Å². The van der Waals surface area contributed by atoms with E-state index in [0.717, 1.165) is 32.1 Å². The number of aliphatic carboxylic acids is 3. The van der Waals surface area contributed by atoms with E-state index < -0.39 is 35.7 Å². The van der Waals surface area contributed by atoms with Gasteiger partial charge in [0.25, 0.3) is 0 Å². The molecule has 0 aromatic heterocycles. The first-order valence-corrected chi connectivity index (χ1v) is 17.8. The quantitative estimate of drug-likeness (QED) is 0.0410. The maximum atomic E-state index is 12.0. The third-order valence-corrected chi connectivity index (χ3v) is 9.24. The molecule has 0 saturated carbocycles. The lowest BCUT2D eigenvalue weighted by molar-refractivity contribution is -0.935. The van der Waals surface area contributed by atoms with Gasteiger partial charge in [0.15, 0.2) is 0 Å². The summed E-state index contributed by atoms with van der Waals surface area (Å²) in [5.74, 6) is -4.53. The summed E-state index contributed by atoms with van der Waals surface area (Å²) in [4.78, 5) is 36.0. The Bertz CT molecular complexity index is 692. The Hall–Kier alpha value is -1.89. The second-order valence-corrected chi connectivity index (χ2v) is 12.9. The van der Waals surface area contributed by atoms with Crippen LogP contribution in [-0.4, -0.2) is 63.9 Å². The van der Waals surface area contributed by atoms with Crippen LogP contribution in [0.2, 0.25) is 0 Å². The van der Waals surface area contributed by atoms with E-state index in [4.69, 9.17) is 0 Å². The minimum Gasteiger partial charge on any atom is -0.481 e. The first kappa shape index (κ1) is 41.1. The van der Waals surface area contributed by atoms with Gasteiger partial charge in [0.05, 0.1) is 26.2 Å². The molecule has 0 heterocycles. The lowest BCUT2D eigenvalue weighted by Crippen LogP contribution is -2.58. The van der Waals surface area contributed by atoms with E-state index in [1.165, 1.54) is 77.0 Å². The van der Waals surface area contributed by atoms with E-state index in [1.807, 2.05) is 20.8 Å². The fourth-order valence-electron chi connectivity index (χ4n) is 6.27. The molecule has 3 atom stereocenters. The fraction of sp³-hybridized carbons (Fsp3) is 0.861. The van der Waals surface area contributed by atoms with E-state index in [9.17, 15) is 29.7 Å². The number of rotatable bonds is 31. The molecule has 0 aliphatic carbocycles. The SMILES string of the molecule is CCCCCCCCCCC/C=C/CCCCCCCC[N+](CC(CC)C(=O)O)(CC(CC)C(=O)O)CC(CC)C(=O)O. The van der Waals surface area contributed by atoms with Crippen LogP contribution in [0.4, 0.5) is 0 Å². The highest BCUT2D eigenvalue weighted by Crippen LogP contribution is 2.25. The van der Waals surface area contributed by atoms with Crippen LogP contribution in [0.25, 0.3) is 0 Å². The van der Waals surface area contributed by atoms with Crippen molar-refractivity contribution in [2.24, 2.45) is 17.8 Å². The molecule has 7 nitrogen and oxygen atoms in total. The minimum atomic E-state index is -0.890. The van der Waals surface area contributed by atoms with Crippen molar-refractivity contribution in [2.75, 3.05) is 26.2 Å². The maximum Gasteiger partial charge on any atom is 0.312 e. The standard InChI is InChI=1S/C36H67NO6/c1-5-9-10-11-12-13-14-15-16-17-18-19-20-21-22-23-24-25-26-27-37(28-31(6-2)34(38)39,29-32(7-3)35(40)41)30-33(8-4)36(42)43/h18-19,31-33H,5-17,20-30H2,1-4H3,(H2-,38,39,40,41,42,43)/p+1/b19-18+. The summed E-state index contributed by atoms with van der Waals surface area (Å²) in [5.41, 5.74) is 0. The molecular weight excluding hydrogens is 542 g/mol. The largest absolute Gasteiger partial charge is 0.481 e. The predicted molar refractivity (Wildman–Crippen MR) is 177 cm³/mol. The van der Waals surface area contributed by atoms with Crippen LogP contribution in [0.1, 0.15) is 156 Å². The lowest BCUT2D eigenvalue weighted by Gasteiger charge is -2.43. The Morgan fingerprint density at radius 2 is 0.791 bits per heavy atom. The van der Waals surface area contributed by atoms with Crippen molar-refractivity contribution in [1.82, 2.24) is 0 Å². The number of carboxylic acids is 3. The number of allylic oxidation sites excluding steroid dienone is 2. The highest BCUT2D eigenvalue weighted by molar-refractivity contribution is 5.71. The Kier molecular flexibility index (Phi) is 25.3. The van der Waals surface area contributed by atoms with Gasteiger partial charge in [0.2, 0.25) is 0 Å². The van der Waals surface area contributed by atoms with E-state index >= 15 is 0 Å². The van der Waals surface area contributed by atoms with Gasteiger partial charge < -0.3 is 19.8 Å². The Morgan fingerprint density at radius 1 is 0.488 bits per heavy atom. The molecule has 43 heavy (non-hydrogen) atoms. The molecule has 7 heteroatoms. The van der Waals surface area contributed by atoms with Crippen LogP contribution in [0.5, 0.6) is 0 Å². The van der Waals surface area contributed by atoms with Gasteiger partial charge in [-0.3, -0.25) is 14.4 Å². The number of unbranched alkanes of at least 4 members (excludes halogenated alkanes) is 15. The van der Waals surface area contributed by atoms with Crippen molar-refractivity contribution in [3.63, 3.8) is 0 Å². The lowest BCUT2D eigenvalue weighted by atomic mass is 9.95. The molecule has 0 saturated heterocycles. The molecule has 0 spiro atoms. The summed E-state index contributed by atoms with van der Waals surface area (Å²) < 4.78 is 0.254. The van der Waals surface area contributed by atoms with Crippen molar-refractivity contribution in [3.05, 3.63) is 12.2 Å². The molecule has 3 unspecified atom stereocenters. The second-order valence-electron chi connectivity index (χ2n) is 12.9. The van der Waals surface area contributed by atoms with Gasteiger partial charge in [0, 0.05) is 0 Å². The molecule has 0 radical (unpaired) electrons. The molecule has 0 aromatic carbocycles. The molecule has 0 aromatic rings. The smallest absolute Gasteiger partial charge is 0.312 e. The van der Waals surface area contributed by atoms with Crippen LogP contribution < -0.4 is 0 Å². The number of carboxylic acid groups (broad SMARTS) is 3. The molecule has 0 fully saturated rings. The van der Waals surface area contributed by atoms with Crippen LogP contribution >= 0.6 is 0 Å². The van der Waals surface area contributed by atoms with Crippen molar-refractivity contribution in [3.8, 4) is 0 Å². The summed E-state index contributed by atoms with van der Waals surface area (Å²) in [5, 5.41) is 29.5. The van der Waals surface area contributed by atoms with Crippen LogP contribution in [0, 0.1) is 17.8 Å². The van der Waals surface area contributed by atoms with Crippen LogP contribution in [0.3, 0.4) is 0 Å². The van der Waals surface area contributed by atoms with Crippen molar-refractivity contribution >= 4 is 17.9 Å². The van der Waals surface area contributed by atoms with Crippen LogP contribution in [0.15, 0.2) is 12.2 Å². The highest BCUT2D eigenvalue weighted by atomic mass is 16.4. The summed E-state index contributed by atoms with van der Waals surface area (Å²) in [7, 11) is 0.